The number of amides is 2. The largest absolute Gasteiger partial charge is 0.505 e. The van der Waals surface area contributed by atoms with Crippen LogP contribution in [0.2, 0.25) is 0 Å². The highest BCUT2D eigenvalue weighted by Crippen LogP contribution is 2.33. The quantitative estimate of drug-likeness (QED) is 0.0958. The standard InChI is InChI=1S/C38H30N4O11/c1-51-22-7-9-24(10-8-22)53-26-12-14-28-21(16-26)18-40-33(34(28)44)36(46)42-32(38(49)50)31(37(47)48)41-35(45)30-29(19-43)27-13-11-25(15-20(27)17-39-30)52-23-5-3-2-4-6-23/h2-18,31-32,43-44H,19H2,1H3,(H,41,45)(H,42,46)(H,47,48)(H,49,50). The van der Waals surface area contributed by atoms with Gasteiger partial charge in [-0.2, -0.15) is 0 Å². The van der Waals surface area contributed by atoms with Gasteiger partial charge in [-0.15, -0.1) is 0 Å². The van der Waals surface area contributed by atoms with Crippen LogP contribution in [0.25, 0.3) is 21.5 Å². The molecule has 6 rings (SSSR count). The number of hydrogen-bond donors (Lipinski definition) is 6. The average Bonchev–Trinajstić information content (AvgIpc) is 3.16. The van der Waals surface area contributed by atoms with Crippen LogP contribution >= 0.6 is 0 Å². The van der Waals surface area contributed by atoms with Gasteiger partial charge in [-0.25, -0.2) is 14.6 Å². The van der Waals surface area contributed by atoms with E-state index in [2.05, 4.69) is 15.3 Å². The van der Waals surface area contributed by atoms with Crippen LogP contribution in [0.15, 0.2) is 103 Å². The zero-order valence-corrected chi connectivity index (χ0v) is 27.7. The van der Waals surface area contributed by atoms with E-state index < -0.39 is 53.9 Å². The van der Waals surface area contributed by atoms with E-state index >= 15 is 0 Å². The lowest BCUT2D eigenvalue weighted by Gasteiger charge is -2.23. The summed E-state index contributed by atoms with van der Waals surface area (Å²) in [7, 11) is 1.54. The topological polar surface area (TPSA) is 227 Å². The molecule has 0 aliphatic rings. The third-order valence-electron chi connectivity index (χ3n) is 8.10. The van der Waals surface area contributed by atoms with Gasteiger partial charge in [0.25, 0.3) is 11.8 Å². The SMILES string of the molecule is COc1ccc(Oc2ccc3c(O)c(C(=O)NC(C(=O)O)C(NC(=O)c4ncc5cc(Oc6ccccc6)ccc5c4CO)C(=O)O)ncc3c2)cc1. The van der Waals surface area contributed by atoms with Crippen molar-refractivity contribution in [2.24, 2.45) is 0 Å². The number of aliphatic hydroxyl groups excluding tert-OH is 1. The third-order valence-corrected chi connectivity index (χ3v) is 8.10. The van der Waals surface area contributed by atoms with E-state index in [0.29, 0.717) is 44.9 Å². The van der Waals surface area contributed by atoms with E-state index in [-0.39, 0.29) is 16.6 Å². The summed E-state index contributed by atoms with van der Waals surface area (Å²) in [5.74, 6) is -4.03. The number of para-hydroxylation sites is 1. The van der Waals surface area contributed by atoms with Crippen molar-refractivity contribution in [1.29, 1.82) is 0 Å². The van der Waals surface area contributed by atoms with Crippen LogP contribution in [0.1, 0.15) is 26.5 Å². The Balaban J connectivity index is 1.20. The minimum atomic E-state index is -2.24. The minimum Gasteiger partial charge on any atom is -0.505 e. The maximum absolute atomic E-state index is 13.4. The fourth-order valence-corrected chi connectivity index (χ4v) is 5.50. The molecule has 0 aliphatic heterocycles. The van der Waals surface area contributed by atoms with Crippen LogP contribution in [-0.2, 0) is 16.2 Å². The lowest BCUT2D eigenvalue weighted by molar-refractivity contribution is -0.147. The van der Waals surface area contributed by atoms with Gasteiger partial charge in [0.05, 0.1) is 13.7 Å². The number of rotatable bonds is 13. The highest BCUT2D eigenvalue weighted by molar-refractivity contribution is 6.05. The van der Waals surface area contributed by atoms with Gasteiger partial charge in [0.1, 0.15) is 34.4 Å². The number of fused-ring (bicyclic) bond motifs is 2. The fourth-order valence-electron chi connectivity index (χ4n) is 5.50. The Morgan fingerprint density at radius 1 is 0.642 bits per heavy atom. The first-order chi connectivity index (χ1) is 25.6. The number of ether oxygens (including phenoxy) is 3. The average molecular weight is 719 g/mol. The summed E-state index contributed by atoms with van der Waals surface area (Å²) in [6.07, 6.45) is 2.56. The Hall–Kier alpha value is -7.26. The van der Waals surface area contributed by atoms with Gasteiger partial charge >= 0.3 is 11.9 Å². The van der Waals surface area contributed by atoms with E-state index in [4.69, 9.17) is 14.2 Å². The molecule has 2 unspecified atom stereocenters. The molecule has 6 N–H and O–H groups in total. The van der Waals surface area contributed by atoms with Crippen LogP contribution in [0.3, 0.4) is 0 Å². The van der Waals surface area contributed by atoms with E-state index in [1.54, 1.807) is 72.8 Å². The van der Waals surface area contributed by atoms with Gasteiger partial charge in [-0.3, -0.25) is 14.6 Å². The summed E-state index contributed by atoms with van der Waals surface area (Å²) in [4.78, 5) is 59.4. The van der Waals surface area contributed by atoms with E-state index in [0.717, 1.165) is 0 Å². The molecule has 0 saturated carbocycles. The number of hydrogen-bond acceptors (Lipinski definition) is 11. The number of aromatic hydroxyl groups is 1. The summed E-state index contributed by atoms with van der Waals surface area (Å²) in [6, 6.07) is 20.7. The van der Waals surface area contributed by atoms with Gasteiger partial charge in [-0.05, 0) is 72.1 Å². The summed E-state index contributed by atoms with van der Waals surface area (Å²) in [5, 5.41) is 46.6. The number of carbonyl (C=O) groups excluding carboxylic acids is 2. The monoisotopic (exact) mass is 718 g/mol. The number of benzene rings is 4. The van der Waals surface area contributed by atoms with Crippen molar-refractivity contribution in [2.45, 2.75) is 18.7 Å². The molecule has 2 amide bonds. The molecule has 0 fully saturated rings. The van der Waals surface area contributed by atoms with Crippen LogP contribution in [0.4, 0.5) is 0 Å². The van der Waals surface area contributed by atoms with Crippen LogP contribution < -0.4 is 24.8 Å². The maximum Gasteiger partial charge on any atom is 0.329 e. The second-order valence-corrected chi connectivity index (χ2v) is 11.5. The molecule has 2 aromatic heterocycles. The molecule has 2 atom stereocenters. The van der Waals surface area contributed by atoms with Crippen molar-refractivity contribution in [1.82, 2.24) is 20.6 Å². The highest BCUT2D eigenvalue weighted by atomic mass is 16.5. The molecule has 268 valence electrons. The van der Waals surface area contributed by atoms with Gasteiger partial charge in [0, 0.05) is 34.1 Å². The Morgan fingerprint density at radius 3 is 1.66 bits per heavy atom. The molecule has 6 aromatic rings. The number of aliphatic hydroxyl groups is 1. The number of aromatic nitrogens is 2. The molecule has 0 aliphatic carbocycles. The predicted molar refractivity (Wildman–Crippen MR) is 188 cm³/mol. The van der Waals surface area contributed by atoms with Crippen molar-refractivity contribution in [3.05, 3.63) is 120 Å². The Labute approximate surface area is 300 Å². The lowest BCUT2D eigenvalue weighted by atomic mass is 10.0. The van der Waals surface area contributed by atoms with E-state index in [1.165, 1.54) is 31.6 Å². The third kappa shape index (κ3) is 7.74. The van der Waals surface area contributed by atoms with Crippen LogP contribution in [0.5, 0.6) is 34.5 Å². The maximum atomic E-state index is 13.4. The van der Waals surface area contributed by atoms with Crippen molar-refractivity contribution in [3.8, 4) is 34.5 Å². The second kappa shape index (κ2) is 15.3. The number of pyridine rings is 2. The summed E-state index contributed by atoms with van der Waals surface area (Å²) in [5.41, 5.74) is -0.936. The first-order valence-corrected chi connectivity index (χ1v) is 15.8. The molecule has 0 bridgehead atoms. The predicted octanol–water partition coefficient (Wildman–Crippen LogP) is 4.64. The van der Waals surface area contributed by atoms with Crippen molar-refractivity contribution >= 4 is 45.3 Å². The number of aliphatic carboxylic acids is 2. The molecule has 2 heterocycles. The number of carboxylic acid groups (broad SMARTS) is 2. The zero-order valence-electron chi connectivity index (χ0n) is 27.7. The number of nitrogens with one attached hydrogen (secondary N) is 2. The van der Waals surface area contributed by atoms with E-state index in [1.807, 2.05) is 11.4 Å². The fraction of sp³-hybridized carbons (Fsp3) is 0.105. The summed E-state index contributed by atoms with van der Waals surface area (Å²) >= 11 is 0. The Kier molecular flexibility index (Phi) is 10.3. The summed E-state index contributed by atoms with van der Waals surface area (Å²) in [6.45, 7) is -0.676. The van der Waals surface area contributed by atoms with Crippen molar-refractivity contribution in [2.75, 3.05) is 7.11 Å². The van der Waals surface area contributed by atoms with Gasteiger partial charge < -0.3 is 45.3 Å². The number of carbonyl (C=O) groups is 4. The molecule has 53 heavy (non-hydrogen) atoms. The Bertz CT molecular complexity index is 2350. The first-order valence-electron chi connectivity index (χ1n) is 15.8. The molecule has 0 radical (unpaired) electrons. The van der Waals surface area contributed by atoms with Crippen molar-refractivity contribution in [3.63, 3.8) is 0 Å². The summed E-state index contributed by atoms with van der Waals surface area (Å²) < 4.78 is 16.8. The molecule has 15 heteroatoms. The van der Waals surface area contributed by atoms with Crippen LogP contribution in [-0.4, -0.2) is 73.3 Å². The normalized spacial score (nSPS) is 12.0. The molecule has 15 nitrogen and oxygen atoms in total. The smallest absolute Gasteiger partial charge is 0.329 e. The first kappa shape index (κ1) is 35.6. The molecular formula is C38H30N4O11. The van der Waals surface area contributed by atoms with Gasteiger partial charge in [-0.1, -0.05) is 24.3 Å². The minimum absolute atomic E-state index is 0.0363. The number of methoxy groups -OCH3 is 1. The van der Waals surface area contributed by atoms with Crippen LogP contribution in [0, 0.1) is 0 Å². The molecule has 0 saturated heterocycles. The lowest BCUT2D eigenvalue weighted by Crippen LogP contribution is -2.59. The Morgan fingerprint density at radius 2 is 1.11 bits per heavy atom. The highest BCUT2D eigenvalue weighted by Gasteiger charge is 2.38. The van der Waals surface area contributed by atoms with Crippen molar-refractivity contribution < 1.29 is 53.8 Å². The second-order valence-electron chi connectivity index (χ2n) is 11.5. The van der Waals surface area contributed by atoms with E-state index in [9.17, 15) is 39.6 Å². The zero-order chi connectivity index (χ0) is 37.6. The van der Waals surface area contributed by atoms with Gasteiger partial charge in [0.15, 0.2) is 23.5 Å². The molecule has 4 aromatic carbocycles. The molecule has 0 spiro atoms. The molecular weight excluding hydrogens is 688 g/mol. The number of carboxylic acids is 2. The van der Waals surface area contributed by atoms with Gasteiger partial charge in [0.2, 0.25) is 0 Å². The number of nitrogens with zero attached hydrogens (tertiary/aromatic N) is 2.